The standard InChI is InChI=1S/C7H12N2O4/c8-4(3-10)6(11)5-1-2-9(5)7(12)13/h4-5,10H,1-3,8H2,(H,12,13). The van der Waals surface area contributed by atoms with E-state index in [0.717, 1.165) is 4.90 Å². The molecule has 1 saturated heterocycles. The first-order valence-corrected chi connectivity index (χ1v) is 3.97. The van der Waals surface area contributed by atoms with Gasteiger partial charge in [0.05, 0.1) is 18.7 Å². The fourth-order valence-corrected chi connectivity index (χ4v) is 1.25. The smallest absolute Gasteiger partial charge is 0.407 e. The molecule has 0 aliphatic carbocycles. The summed E-state index contributed by atoms with van der Waals surface area (Å²) in [6.07, 6.45) is -0.617. The summed E-state index contributed by atoms with van der Waals surface area (Å²) >= 11 is 0. The zero-order valence-corrected chi connectivity index (χ0v) is 7.01. The molecule has 0 aromatic rings. The Kier molecular flexibility index (Phi) is 2.84. The molecule has 2 unspecified atom stereocenters. The highest BCUT2D eigenvalue weighted by Crippen LogP contribution is 2.18. The summed E-state index contributed by atoms with van der Waals surface area (Å²) in [6, 6.07) is -1.62. The zero-order chi connectivity index (χ0) is 10.0. The highest BCUT2D eigenvalue weighted by atomic mass is 16.4. The lowest BCUT2D eigenvalue weighted by atomic mass is 9.95. The van der Waals surface area contributed by atoms with E-state index >= 15 is 0 Å². The molecule has 0 bridgehead atoms. The number of nitrogens with two attached hydrogens (primary N) is 1. The van der Waals surface area contributed by atoms with E-state index in [1.165, 1.54) is 0 Å². The summed E-state index contributed by atoms with van der Waals surface area (Å²) in [5.74, 6) is -0.406. The third kappa shape index (κ3) is 1.78. The average Bonchev–Trinajstić information content (AvgIpc) is 1.99. The predicted octanol–water partition coefficient (Wildman–Crippen LogP) is -1.37. The number of Topliss-reactive ketones (excluding diaryl/α,β-unsaturated/α-hetero) is 1. The molecule has 0 saturated carbocycles. The van der Waals surface area contributed by atoms with Crippen LogP contribution in [0.25, 0.3) is 0 Å². The number of likely N-dealkylation sites (tertiary alicyclic amines) is 1. The SMILES string of the molecule is NC(CO)C(=O)C1CCN1C(=O)O. The summed E-state index contributed by atoms with van der Waals surface area (Å²) < 4.78 is 0. The van der Waals surface area contributed by atoms with Gasteiger partial charge in [0, 0.05) is 6.54 Å². The Morgan fingerprint density at radius 1 is 1.62 bits per heavy atom. The van der Waals surface area contributed by atoms with Crippen molar-refractivity contribution < 1.29 is 19.8 Å². The van der Waals surface area contributed by atoms with Crippen LogP contribution < -0.4 is 5.73 Å². The lowest BCUT2D eigenvalue weighted by Crippen LogP contribution is -2.59. The average molecular weight is 188 g/mol. The quantitative estimate of drug-likeness (QED) is 0.506. The molecule has 2 atom stereocenters. The van der Waals surface area contributed by atoms with Gasteiger partial charge in [0.2, 0.25) is 0 Å². The van der Waals surface area contributed by atoms with Gasteiger partial charge in [0.15, 0.2) is 5.78 Å². The minimum absolute atomic E-state index is 0.365. The van der Waals surface area contributed by atoms with Crippen molar-refractivity contribution in [3.63, 3.8) is 0 Å². The van der Waals surface area contributed by atoms with Crippen LogP contribution in [-0.4, -0.2) is 52.2 Å². The van der Waals surface area contributed by atoms with Crippen molar-refractivity contribution in [1.29, 1.82) is 0 Å². The number of hydrogen-bond acceptors (Lipinski definition) is 4. The summed E-state index contributed by atoms with van der Waals surface area (Å²) in [5.41, 5.74) is 5.27. The molecule has 4 N–H and O–H groups in total. The largest absolute Gasteiger partial charge is 0.465 e. The molecule has 6 nitrogen and oxygen atoms in total. The number of nitrogens with zero attached hydrogens (tertiary/aromatic N) is 1. The summed E-state index contributed by atoms with van der Waals surface area (Å²) in [7, 11) is 0. The van der Waals surface area contributed by atoms with Crippen molar-refractivity contribution in [3.05, 3.63) is 0 Å². The second-order valence-electron chi connectivity index (χ2n) is 2.97. The van der Waals surface area contributed by atoms with Crippen molar-refractivity contribution in [2.75, 3.05) is 13.2 Å². The maximum atomic E-state index is 11.3. The predicted molar refractivity (Wildman–Crippen MR) is 43.2 cm³/mol. The van der Waals surface area contributed by atoms with Crippen LogP contribution in [0.3, 0.4) is 0 Å². The van der Waals surface area contributed by atoms with Crippen LogP contribution in [-0.2, 0) is 4.79 Å². The number of carbonyl (C=O) groups excluding carboxylic acids is 1. The van der Waals surface area contributed by atoms with Gasteiger partial charge in [-0.15, -0.1) is 0 Å². The number of aliphatic hydroxyl groups excluding tert-OH is 1. The molecule has 0 radical (unpaired) electrons. The minimum Gasteiger partial charge on any atom is -0.465 e. The fraction of sp³-hybridized carbons (Fsp3) is 0.714. The molecule has 1 aliphatic rings. The highest BCUT2D eigenvalue weighted by molar-refractivity contribution is 5.92. The molecule has 1 aliphatic heterocycles. The van der Waals surface area contributed by atoms with Crippen LogP contribution in [0, 0.1) is 0 Å². The second-order valence-corrected chi connectivity index (χ2v) is 2.97. The van der Waals surface area contributed by atoms with E-state index in [2.05, 4.69) is 0 Å². The molecular weight excluding hydrogens is 176 g/mol. The number of carboxylic acid groups (broad SMARTS) is 1. The van der Waals surface area contributed by atoms with Crippen molar-refractivity contribution in [1.82, 2.24) is 4.90 Å². The van der Waals surface area contributed by atoms with E-state index in [9.17, 15) is 9.59 Å². The third-order valence-electron chi connectivity index (χ3n) is 2.16. The molecule has 0 aromatic carbocycles. The Labute approximate surface area is 74.9 Å². The summed E-state index contributed by atoms with van der Waals surface area (Å²) in [4.78, 5) is 22.8. The van der Waals surface area contributed by atoms with Gasteiger partial charge in [-0.2, -0.15) is 0 Å². The Hall–Kier alpha value is -1.14. The van der Waals surface area contributed by atoms with Crippen molar-refractivity contribution >= 4 is 11.9 Å². The van der Waals surface area contributed by atoms with E-state index in [0.29, 0.717) is 13.0 Å². The number of hydrogen-bond donors (Lipinski definition) is 3. The molecular formula is C7H12N2O4. The van der Waals surface area contributed by atoms with Crippen LogP contribution in [0.4, 0.5) is 4.79 Å². The van der Waals surface area contributed by atoms with Crippen LogP contribution in [0.1, 0.15) is 6.42 Å². The monoisotopic (exact) mass is 188 g/mol. The molecule has 6 heteroatoms. The zero-order valence-electron chi connectivity index (χ0n) is 7.01. The van der Waals surface area contributed by atoms with Gasteiger partial charge in [-0.25, -0.2) is 4.79 Å². The molecule has 74 valence electrons. The number of amides is 1. The van der Waals surface area contributed by atoms with Gasteiger partial charge in [-0.1, -0.05) is 0 Å². The van der Waals surface area contributed by atoms with Gasteiger partial charge in [0.1, 0.15) is 0 Å². The first-order valence-electron chi connectivity index (χ1n) is 3.97. The number of rotatable bonds is 3. The Bertz CT molecular complexity index is 231. The summed E-state index contributed by atoms with van der Waals surface area (Å²) in [5, 5.41) is 17.2. The lowest BCUT2D eigenvalue weighted by Gasteiger charge is -2.38. The van der Waals surface area contributed by atoms with Gasteiger partial charge in [0.25, 0.3) is 0 Å². The third-order valence-corrected chi connectivity index (χ3v) is 2.16. The van der Waals surface area contributed by atoms with Crippen molar-refractivity contribution in [2.24, 2.45) is 5.73 Å². The molecule has 1 fully saturated rings. The fourth-order valence-electron chi connectivity index (χ4n) is 1.25. The first-order chi connectivity index (χ1) is 6.07. The second kappa shape index (κ2) is 3.71. The van der Waals surface area contributed by atoms with E-state index in [1.54, 1.807) is 0 Å². The van der Waals surface area contributed by atoms with E-state index in [4.69, 9.17) is 15.9 Å². The Morgan fingerprint density at radius 3 is 2.54 bits per heavy atom. The minimum atomic E-state index is -1.12. The highest BCUT2D eigenvalue weighted by Gasteiger charge is 2.39. The van der Waals surface area contributed by atoms with Gasteiger partial charge >= 0.3 is 6.09 Å². The number of aliphatic hydroxyl groups is 1. The van der Waals surface area contributed by atoms with E-state index < -0.39 is 30.6 Å². The molecule has 1 heterocycles. The molecule has 1 amide bonds. The van der Waals surface area contributed by atoms with Crippen LogP contribution in [0.15, 0.2) is 0 Å². The first kappa shape index (κ1) is 9.94. The number of carbonyl (C=O) groups is 2. The van der Waals surface area contributed by atoms with Crippen LogP contribution in [0.2, 0.25) is 0 Å². The molecule has 1 rings (SSSR count). The Balaban J connectivity index is 2.53. The van der Waals surface area contributed by atoms with Gasteiger partial charge in [-0.3, -0.25) is 9.69 Å². The van der Waals surface area contributed by atoms with E-state index in [-0.39, 0.29) is 0 Å². The van der Waals surface area contributed by atoms with Gasteiger partial charge in [-0.05, 0) is 6.42 Å². The normalized spacial score (nSPS) is 23.5. The van der Waals surface area contributed by atoms with Crippen LogP contribution in [0.5, 0.6) is 0 Å². The topological polar surface area (TPSA) is 104 Å². The number of ketones is 1. The van der Waals surface area contributed by atoms with Crippen molar-refractivity contribution in [2.45, 2.75) is 18.5 Å². The van der Waals surface area contributed by atoms with E-state index in [1.807, 2.05) is 0 Å². The molecule has 0 aromatic heterocycles. The van der Waals surface area contributed by atoms with Gasteiger partial charge < -0.3 is 15.9 Å². The lowest BCUT2D eigenvalue weighted by molar-refractivity contribution is -0.129. The summed E-state index contributed by atoms with van der Waals surface area (Å²) in [6.45, 7) is -0.0767. The Morgan fingerprint density at radius 2 is 2.23 bits per heavy atom. The maximum absolute atomic E-state index is 11.3. The molecule has 13 heavy (non-hydrogen) atoms. The van der Waals surface area contributed by atoms with Crippen molar-refractivity contribution in [3.8, 4) is 0 Å². The maximum Gasteiger partial charge on any atom is 0.407 e. The molecule has 0 spiro atoms. The van der Waals surface area contributed by atoms with Crippen LogP contribution >= 0.6 is 0 Å².